The van der Waals surface area contributed by atoms with E-state index < -0.39 is 5.38 Å². The third kappa shape index (κ3) is 7.93. The Labute approximate surface area is 206 Å². The van der Waals surface area contributed by atoms with Gasteiger partial charge in [0.15, 0.2) is 11.5 Å². The molecule has 2 rings (SSSR count). The second kappa shape index (κ2) is 13.5. The lowest BCUT2D eigenvalue weighted by atomic mass is 10.1. The SMILES string of the molecule is CCCCN(CC(=O)N(CCc1ccc(OC)c(OC)c1)Cc1sccc1C)C(=O)C(C)Cl. The lowest BCUT2D eigenvalue weighted by Crippen LogP contribution is -2.45. The second-order valence-corrected chi connectivity index (χ2v) is 9.67. The third-order valence-electron chi connectivity index (χ3n) is 5.53. The van der Waals surface area contributed by atoms with Gasteiger partial charge < -0.3 is 19.3 Å². The maximum atomic E-state index is 13.4. The molecule has 6 nitrogen and oxygen atoms in total. The van der Waals surface area contributed by atoms with Gasteiger partial charge in [0, 0.05) is 18.0 Å². The summed E-state index contributed by atoms with van der Waals surface area (Å²) < 4.78 is 10.7. The molecule has 1 aromatic carbocycles. The standard InChI is InChI=1S/C25H35ClN2O4S/c1-6-7-12-28(25(30)19(3)26)17-24(29)27(16-23-18(2)11-14-33-23)13-10-20-8-9-21(31-4)22(15-20)32-5/h8-9,11,14-15,19H,6-7,10,12-13,16-17H2,1-5H3. The minimum absolute atomic E-state index is 0.0340. The molecule has 1 unspecified atom stereocenters. The highest BCUT2D eigenvalue weighted by molar-refractivity contribution is 7.10. The van der Waals surface area contributed by atoms with Gasteiger partial charge in [0.2, 0.25) is 11.8 Å². The number of thiophene rings is 1. The molecule has 33 heavy (non-hydrogen) atoms. The highest BCUT2D eigenvalue weighted by atomic mass is 35.5. The molecule has 1 heterocycles. The van der Waals surface area contributed by atoms with Crippen LogP contribution in [0, 0.1) is 6.92 Å². The molecule has 1 aromatic heterocycles. The number of amides is 2. The van der Waals surface area contributed by atoms with Gasteiger partial charge in [-0.1, -0.05) is 19.4 Å². The molecular weight excluding hydrogens is 460 g/mol. The number of hydrogen-bond acceptors (Lipinski definition) is 5. The first kappa shape index (κ1) is 27.0. The van der Waals surface area contributed by atoms with Gasteiger partial charge in [0.05, 0.1) is 27.3 Å². The number of rotatable bonds is 13. The fourth-order valence-electron chi connectivity index (χ4n) is 3.46. The molecule has 0 aliphatic carbocycles. The summed E-state index contributed by atoms with van der Waals surface area (Å²) in [6.07, 6.45) is 2.43. The Hall–Kier alpha value is -2.25. The zero-order valence-corrected chi connectivity index (χ0v) is 21.8. The first-order valence-corrected chi connectivity index (χ1v) is 12.6. The van der Waals surface area contributed by atoms with E-state index in [0.717, 1.165) is 28.8 Å². The lowest BCUT2D eigenvalue weighted by molar-refractivity contribution is -0.140. The van der Waals surface area contributed by atoms with Gasteiger partial charge in [-0.3, -0.25) is 9.59 Å². The monoisotopic (exact) mass is 494 g/mol. The van der Waals surface area contributed by atoms with Crippen molar-refractivity contribution in [2.24, 2.45) is 0 Å². The number of carbonyl (C=O) groups is 2. The van der Waals surface area contributed by atoms with Crippen LogP contribution in [0.3, 0.4) is 0 Å². The number of alkyl halides is 1. The van der Waals surface area contributed by atoms with Crippen molar-refractivity contribution in [1.29, 1.82) is 0 Å². The molecule has 2 amide bonds. The summed E-state index contributed by atoms with van der Waals surface area (Å²) in [5.41, 5.74) is 2.21. The first-order valence-electron chi connectivity index (χ1n) is 11.2. The van der Waals surface area contributed by atoms with Crippen molar-refractivity contribution in [3.8, 4) is 11.5 Å². The number of methoxy groups -OCH3 is 2. The van der Waals surface area contributed by atoms with Crippen LogP contribution in [0.5, 0.6) is 11.5 Å². The molecule has 1 atom stereocenters. The van der Waals surface area contributed by atoms with Crippen molar-refractivity contribution in [2.75, 3.05) is 33.9 Å². The molecule has 182 valence electrons. The Kier molecular flexibility index (Phi) is 11.0. The summed E-state index contributed by atoms with van der Waals surface area (Å²) in [4.78, 5) is 30.5. The van der Waals surface area contributed by atoms with Crippen molar-refractivity contribution in [3.63, 3.8) is 0 Å². The minimum atomic E-state index is -0.658. The first-order chi connectivity index (χ1) is 15.8. The highest BCUT2D eigenvalue weighted by Crippen LogP contribution is 2.28. The fraction of sp³-hybridized carbons (Fsp3) is 0.520. The predicted molar refractivity (Wildman–Crippen MR) is 135 cm³/mol. The molecule has 0 spiro atoms. The van der Waals surface area contributed by atoms with Crippen LogP contribution in [0.15, 0.2) is 29.6 Å². The van der Waals surface area contributed by atoms with Gasteiger partial charge in [-0.15, -0.1) is 22.9 Å². The van der Waals surface area contributed by atoms with E-state index in [1.54, 1.807) is 37.4 Å². The van der Waals surface area contributed by atoms with E-state index in [0.29, 0.717) is 37.6 Å². The Bertz CT molecular complexity index is 916. The van der Waals surface area contributed by atoms with Crippen LogP contribution in [-0.2, 0) is 22.6 Å². The predicted octanol–water partition coefficient (Wildman–Crippen LogP) is 4.90. The molecule has 0 bridgehead atoms. The number of ether oxygens (including phenoxy) is 2. The number of aryl methyl sites for hydroxylation is 1. The van der Waals surface area contributed by atoms with E-state index >= 15 is 0 Å². The van der Waals surface area contributed by atoms with Crippen molar-refractivity contribution in [1.82, 2.24) is 9.80 Å². The smallest absolute Gasteiger partial charge is 0.242 e. The third-order valence-corrected chi connectivity index (χ3v) is 6.73. The summed E-state index contributed by atoms with van der Waals surface area (Å²) in [5, 5.41) is 1.38. The summed E-state index contributed by atoms with van der Waals surface area (Å²) >= 11 is 7.70. The number of nitrogens with zero attached hydrogens (tertiary/aromatic N) is 2. The number of carbonyl (C=O) groups excluding carboxylic acids is 2. The van der Waals surface area contributed by atoms with Gasteiger partial charge in [0.25, 0.3) is 0 Å². The molecule has 0 saturated carbocycles. The van der Waals surface area contributed by atoms with Crippen molar-refractivity contribution in [2.45, 2.75) is 52.0 Å². The van der Waals surface area contributed by atoms with Crippen LogP contribution in [0.2, 0.25) is 0 Å². The lowest BCUT2D eigenvalue weighted by Gasteiger charge is -2.28. The minimum Gasteiger partial charge on any atom is -0.493 e. The maximum absolute atomic E-state index is 13.4. The Morgan fingerprint density at radius 2 is 1.82 bits per heavy atom. The van der Waals surface area contributed by atoms with Crippen molar-refractivity contribution in [3.05, 3.63) is 45.6 Å². The van der Waals surface area contributed by atoms with E-state index in [4.69, 9.17) is 21.1 Å². The Morgan fingerprint density at radius 1 is 1.09 bits per heavy atom. The molecule has 0 saturated heterocycles. The number of halogens is 1. The van der Waals surface area contributed by atoms with E-state index in [9.17, 15) is 9.59 Å². The molecule has 8 heteroatoms. The second-order valence-electron chi connectivity index (χ2n) is 8.01. The normalized spacial score (nSPS) is 11.7. The quantitative estimate of drug-likeness (QED) is 0.371. The van der Waals surface area contributed by atoms with Crippen LogP contribution in [-0.4, -0.2) is 60.8 Å². The zero-order valence-electron chi connectivity index (χ0n) is 20.2. The molecule has 0 aliphatic rings. The van der Waals surface area contributed by atoms with Gasteiger partial charge in [-0.05, 0) is 61.4 Å². The Balaban J connectivity index is 2.19. The van der Waals surface area contributed by atoms with Crippen LogP contribution < -0.4 is 9.47 Å². The summed E-state index contributed by atoms with van der Waals surface area (Å²) in [5.74, 6) is 1.05. The number of benzene rings is 1. The Morgan fingerprint density at radius 3 is 2.39 bits per heavy atom. The average Bonchev–Trinajstić information content (AvgIpc) is 3.22. The summed E-state index contributed by atoms with van der Waals surface area (Å²) in [6, 6.07) is 7.84. The van der Waals surface area contributed by atoms with E-state index in [-0.39, 0.29) is 18.4 Å². The molecule has 0 aliphatic heterocycles. The highest BCUT2D eigenvalue weighted by Gasteiger charge is 2.24. The fourth-order valence-corrected chi connectivity index (χ4v) is 4.52. The van der Waals surface area contributed by atoms with Gasteiger partial charge in [-0.2, -0.15) is 0 Å². The summed E-state index contributed by atoms with van der Waals surface area (Å²) in [6.45, 7) is 7.36. The molecule has 0 N–H and O–H groups in total. The zero-order chi connectivity index (χ0) is 24.4. The van der Waals surface area contributed by atoms with Crippen LogP contribution >= 0.6 is 22.9 Å². The van der Waals surface area contributed by atoms with Crippen LogP contribution in [0.25, 0.3) is 0 Å². The van der Waals surface area contributed by atoms with Crippen LogP contribution in [0.1, 0.15) is 42.7 Å². The van der Waals surface area contributed by atoms with E-state index in [1.807, 2.05) is 28.5 Å². The van der Waals surface area contributed by atoms with Crippen molar-refractivity contribution >= 4 is 34.8 Å². The van der Waals surface area contributed by atoms with Crippen LogP contribution in [0.4, 0.5) is 0 Å². The van der Waals surface area contributed by atoms with Gasteiger partial charge >= 0.3 is 0 Å². The number of hydrogen-bond donors (Lipinski definition) is 0. The van der Waals surface area contributed by atoms with Gasteiger partial charge in [-0.25, -0.2) is 0 Å². The van der Waals surface area contributed by atoms with Crippen molar-refractivity contribution < 1.29 is 19.1 Å². The van der Waals surface area contributed by atoms with E-state index in [2.05, 4.69) is 19.9 Å². The average molecular weight is 495 g/mol. The molecular formula is C25H35ClN2O4S. The topological polar surface area (TPSA) is 59.1 Å². The largest absolute Gasteiger partial charge is 0.493 e. The maximum Gasteiger partial charge on any atom is 0.242 e. The molecule has 2 aromatic rings. The van der Waals surface area contributed by atoms with E-state index in [1.165, 1.54) is 0 Å². The van der Waals surface area contributed by atoms with Gasteiger partial charge in [0.1, 0.15) is 5.38 Å². The molecule has 0 fully saturated rings. The summed E-state index contributed by atoms with van der Waals surface area (Å²) in [7, 11) is 3.21. The number of unbranched alkanes of at least 4 members (excludes halogenated alkanes) is 1. The molecule has 0 radical (unpaired) electrons.